The van der Waals surface area contributed by atoms with Gasteiger partial charge in [0.25, 0.3) is 5.91 Å². The first-order valence-corrected chi connectivity index (χ1v) is 10.7. The lowest BCUT2D eigenvalue weighted by molar-refractivity contribution is -0.118. The number of aryl methyl sites for hydroxylation is 2. The van der Waals surface area contributed by atoms with Gasteiger partial charge in [-0.25, -0.2) is 0 Å². The average Bonchev–Trinajstić information content (AvgIpc) is 2.83. The number of rotatable bonds is 7. The van der Waals surface area contributed by atoms with Gasteiger partial charge in [0.15, 0.2) is 6.61 Å². The fourth-order valence-corrected chi connectivity index (χ4v) is 3.72. The number of carbonyl (C=O) groups excluding carboxylic acids is 1. The van der Waals surface area contributed by atoms with Crippen LogP contribution in [0.3, 0.4) is 0 Å². The van der Waals surface area contributed by atoms with E-state index in [4.69, 9.17) is 18.6 Å². The summed E-state index contributed by atoms with van der Waals surface area (Å²) in [5.74, 6) is 1.84. The molecule has 7 nitrogen and oxygen atoms in total. The summed E-state index contributed by atoms with van der Waals surface area (Å²) in [4.78, 5) is 25.6. The Kier molecular flexibility index (Phi) is 6.54. The highest BCUT2D eigenvalue weighted by Gasteiger charge is 2.15. The van der Waals surface area contributed by atoms with Crippen molar-refractivity contribution >= 4 is 22.6 Å². The molecule has 0 spiro atoms. The maximum atomic E-state index is 13.2. The Balaban J connectivity index is 1.53. The standard InChI is InChI=1S/C27H25NO6/c1-16-5-12-23(32-4)22(13-16)28-25(29)15-33-20-10-11-21-24(14-20)34-17(2)26(27(21)30)18-6-8-19(31-3)9-7-18/h5-14H,15H2,1-4H3,(H,28,29). The summed E-state index contributed by atoms with van der Waals surface area (Å²) in [5, 5.41) is 3.22. The van der Waals surface area contributed by atoms with E-state index in [1.54, 1.807) is 57.5 Å². The minimum Gasteiger partial charge on any atom is -0.497 e. The highest BCUT2D eigenvalue weighted by molar-refractivity contribution is 5.93. The van der Waals surface area contributed by atoms with Crippen molar-refractivity contribution in [3.8, 4) is 28.4 Å². The van der Waals surface area contributed by atoms with Gasteiger partial charge in [-0.05, 0) is 61.4 Å². The molecule has 0 fully saturated rings. The van der Waals surface area contributed by atoms with Crippen LogP contribution in [0.1, 0.15) is 11.3 Å². The normalized spacial score (nSPS) is 10.7. The second kappa shape index (κ2) is 9.70. The Morgan fingerprint density at radius 2 is 1.65 bits per heavy atom. The highest BCUT2D eigenvalue weighted by Crippen LogP contribution is 2.28. The maximum Gasteiger partial charge on any atom is 0.262 e. The summed E-state index contributed by atoms with van der Waals surface area (Å²) in [6.45, 7) is 3.46. The number of amides is 1. The van der Waals surface area contributed by atoms with Gasteiger partial charge in [-0.2, -0.15) is 0 Å². The Morgan fingerprint density at radius 3 is 2.35 bits per heavy atom. The molecule has 3 aromatic carbocycles. The number of methoxy groups -OCH3 is 2. The van der Waals surface area contributed by atoms with Crippen molar-refractivity contribution in [1.29, 1.82) is 0 Å². The summed E-state index contributed by atoms with van der Waals surface area (Å²) < 4.78 is 22.1. The molecule has 1 aromatic heterocycles. The van der Waals surface area contributed by atoms with Gasteiger partial charge in [0.2, 0.25) is 5.43 Å². The van der Waals surface area contributed by atoms with E-state index in [1.165, 1.54) is 0 Å². The number of nitrogens with one attached hydrogen (secondary N) is 1. The lowest BCUT2D eigenvalue weighted by Gasteiger charge is -2.12. The first-order valence-electron chi connectivity index (χ1n) is 10.7. The number of carbonyl (C=O) groups is 1. The molecule has 1 heterocycles. The number of hydrogen-bond donors (Lipinski definition) is 1. The third kappa shape index (κ3) is 4.73. The zero-order valence-electron chi connectivity index (χ0n) is 19.4. The van der Waals surface area contributed by atoms with Crippen molar-refractivity contribution in [2.45, 2.75) is 13.8 Å². The van der Waals surface area contributed by atoms with Gasteiger partial charge in [-0.3, -0.25) is 9.59 Å². The first kappa shape index (κ1) is 22.9. The van der Waals surface area contributed by atoms with Crippen LogP contribution in [0.4, 0.5) is 5.69 Å². The molecule has 0 atom stereocenters. The molecule has 0 radical (unpaired) electrons. The van der Waals surface area contributed by atoms with Crippen molar-refractivity contribution in [1.82, 2.24) is 0 Å². The Hall–Kier alpha value is -4.26. The molecule has 7 heteroatoms. The van der Waals surface area contributed by atoms with Crippen LogP contribution >= 0.6 is 0 Å². The molecular formula is C27H25NO6. The van der Waals surface area contributed by atoms with Gasteiger partial charge in [-0.15, -0.1) is 0 Å². The quantitative estimate of drug-likeness (QED) is 0.413. The van der Waals surface area contributed by atoms with E-state index in [2.05, 4.69) is 5.32 Å². The summed E-state index contributed by atoms with van der Waals surface area (Å²) in [6, 6.07) is 17.7. The maximum absolute atomic E-state index is 13.2. The molecule has 0 saturated carbocycles. The van der Waals surface area contributed by atoms with Crippen LogP contribution in [-0.2, 0) is 4.79 Å². The smallest absolute Gasteiger partial charge is 0.262 e. The van der Waals surface area contributed by atoms with Gasteiger partial charge >= 0.3 is 0 Å². The van der Waals surface area contributed by atoms with E-state index in [1.807, 2.05) is 31.2 Å². The molecular weight excluding hydrogens is 434 g/mol. The van der Waals surface area contributed by atoms with Crippen molar-refractivity contribution in [3.63, 3.8) is 0 Å². The first-order chi connectivity index (χ1) is 16.4. The largest absolute Gasteiger partial charge is 0.497 e. The van der Waals surface area contributed by atoms with Crippen molar-refractivity contribution in [3.05, 3.63) is 82.2 Å². The lowest BCUT2D eigenvalue weighted by Crippen LogP contribution is -2.20. The third-order valence-corrected chi connectivity index (χ3v) is 5.42. The van der Waals surface area contributed by atoms with Crippen LogP contribution in [-0.4, -0.2) is 26.7 Å². The summed E-state index contributed by atoms with van der Waals surface area (Å²) >= 11 is 0. The minimum atomic E-state index is -0.337. The van der Waals surface area contributed by atoms with E-state index in [0.29, 0.717) is 45.2 Å². The van der Waals surface area contributed by atoms with E-state index in [-0.39, 0.29) is 17.9 Å². The van der Waals surface area contributed by atoms with Gasteiger partial charge in [0.1, 0.15) is 28.6 Å². The highest BCUT2D eigenvalue weighted by atomic mass is 16.5. The zero-order valence-corrected chi connectivity index (χ0v) is 19.4. The summed E-state index contributed by atoms with van der Waals surface area (Å²) in [6.07, 6.45) is 0. The van der Waals surface area contributed by atoms with E-state index in [0.717, 1.165) is 11.1 Å². The predicted molar refractivity (Wildman–Crippen MR) is 131 cm³/mol. The number of hydrogen-bond acceptors (Lipinski definition) is 6. The van der Waals surface area contributed by atoms with Gasteiger partial charge in [0, 0.05) is 6.07 Å². The zero-order chi connectivity index (χ0) is 24.2. The van der Waals surface area contributed by atoms with Crippen molar-refractivity contribution in [2.75, 3.05) is 26.1 Å². The SMILES string of the molecule is COc1ccc(-c2c(C)oc3cc(OCC(=O)Nc4cc(C)ccc4OC)ccc3c2=O)cc1. The van der Waals surface area contributed by atoms with Gasteiger partial charge in [-0.1, -0.05) is 18.2 Å². The molecule has 0 aliphatic rings. The van der Waals surface area contributed by atoms with Gasteiger partial charge in [0.05, 0.1) is 30.9 Å². The second-order valence-electron chi connectivity index (χ2n) is 7.79. The third-order valence-electron chi connectivity index (χ3n) is 5.42. The Morgan fingerprint density at radius 1 is 0.912 bits per heavy atom. The molecule has 4 aromatic rings. The van der Waals surface area contributed by atoms with Crippen LogP contribution in [0.5, 0.6) is 17.2 Å². The average molecular weight is 459 g/mol. The van der Waals surface area contributed by atoms with E-state index < -0.39 is 0 Å². The Labute approximate surface area is 196 Å². The predicted octanol–water partition coefficient (Wildman–Crippen LogP) is 5.11. The molecule has 34 heavy (non-hydrogen) atoms. The van der Waals surface area contributed by atoms with Crippen LogP contribution in [0.2, 0.25) is 0 Å². The molecule has 1 N–H and O–H groups in total. The molecule has 0 bridgehead atoms. The van der Waals surface area contributed by atoms with Gasteiger partial charge < -0.3 is 23.9 Å². The Bertz CT molecular complexity index is 1410. The fraction of sp³-hybridized carbons (Fsp3) is 0.185. The topological polar surface area (TPSA) is 87.0 Å². The van der Waals surface area contributed by atoms with Crippen molar-refractivity contribution < 1.29 is 23.4 Å². The van der Waals surface area contributed by atoms with Crippen molar-refractivity contribution in [2.24, 2.45) is 0 Å². The van der Waals surface area contributed by atoms with Crippen LogP contribution in [0, 0.1) is 13.8 Å². The van der Waals surface area contributed by atoms with E-state index >= 15 is 0 Å². The lowest BCUT2D eigenvalue weighted by atomic mass is 10.0. The molecule has 0 saturated heterocycles. The molecule has 1 amide bonds. The molecule has 4 rings (SSSR count). The summed E-state index contributed by atoms with van der Waals surface area (Å²) in [5.41, 5.74) is 3.05. The molecule has 174 valence electrons. The number of fused-ring (bicyclic) bond motifs is 1. The fourth-order valence-electron chi connectivity index (χ4n) is 3.72. The minimum absolute atomic E-state index is 0.139. The molecule has 0 aliphatic carbocycles. The van der Waals surface area contributed by atoms with Crippen LogP contribution < -0.4 is 25.0 Å². The monoisotopic (exact) mass is 459 g/mol. The van der Waals surface area contributed by atoms with Crippen LogP contribution in [0.15, 0.2) is 69.9 Å². The second-order valence-corrected chi connectivity index (χ2v) is 7.79. The number of benzene rings is 3. The molecule has 0 unspecified atom stereocenters. The summed E-state index contributed by atoms with van der Waals surface area (Å²) in [7, 11) is 3.13. The number of anilines is 1. The number of ether oxygens (including phenoxy) is 3. The van der Waals surface area contributed by atoms with E-state index in [9.17, 15) is 9.59 Å². The molecule has 0 aliphatic heterocycles. The van der Waals surface area contributed by atoms with Crippen LogP contribution in [0.25, 0.3) is 22.1 Å².